The number of rotatable bonds is 7. The van der Waals surface area contributed by atoms with E-state index in [9.17, 15) is 18.4 Å². The number of nitrogens with zero attached hydrogens (tertiary/aromatic N) is 1. The van der Waals surface area contributed by atoms with Gasteiger partial charge in [0.1, 0.15) is 17.9 Å². The van der Waals surface area contributed by atoms with E-state index >= 15 is 0 Å². The number of ether oxygens (including phenoxy) is 1. The van der Waals surface area contributed by atoms with Gasteiger partial charge in [-0.25, -0.2) is 8.78 Å². The van der Waals surface area contributed by atoms with Crippen molar-refractivity contribution in [3.63, 3.8) is 0 Å². The summed E-state index contributed by atoms with van der Waals surface area (Å²) in [7, 11) is 0. The van der Waals surface area contributed by atoms with Crippen LogP contribution in [-0.4, -0.2) is 23.6 Å². The van der Waals surface area contributed by atoms with E-state index in [1.807, 2.05) is 35.2 Å². The summed E-state index contributed by atoms with van der Waals surface area (Å²) in [5.41, 5.74) is 3.45. The van der Waals surface area contributed by atoms with Gasteiger partial charge in [-0.05, 0) is 66.1 Å². The molecule has 0 radical (unpaired) electrons. The minimum absolute atomic E-state index is 0.0450. The molecule has 3 aromatic rings. The Morgan fingerprint density at radius 2 is 1.91 bits per heavy atom. The molecule has 0 aromatic heterocycles. The standard InChI is InChI=1S/C27H23F2NO3/c28-21-7-9-25(24(29)15-21)33-22-8-6-18-10-12-30(27(32)23(18)16-22)26(19-4-5-19)20-3-1-2-17(14-20)11-13-31/h1-3,6-9,13-16,19,26H,4-5,10-12H2/t26-/m1/s1. The van der Waals surface area contributed by atoms with E-state index in [1.54, 1.807) is 12.1 Å². The third-order valence-electron chi connectivity index (χ3n) is 6.33. The van der Waals surface area contributed by atoms with E-state index in [0.29, 0.717) is 36.6 Å². The zero-order valence-electron chi connectivity index (χ0n) is 18.0. The van der Waals surface area contributed by atoms with Gasteiger partial charge in [-0.3, -0.25) is 4.79 Å². The molecule has 1 amide bonds. The van der Waals surface area contributed by atoms with E-state index in [-0.39, 0.29) is 17.7 Å². The van der Waals surface area contributed by atoms with Crippen LogP contribution in [0.5, 0.6) is 11.5 Å². The molecule has 0 saturated heterocycles. The van der Waals surface area contributed by atoms with Gasteiger partial charge in [0.2, 0.25) is 0 Å². The quantitative estimate of drug-likeness (QED) is 0.440. The van der Waals surface area contributed by atoms with Gasteiger partial charge >= 0.3 is 0 Å². The van der Waals surface area contributed by atoms with Crippen LogP contribution in [0.25, 0.3) is 0 Å². The fourth-order valence-electron chi connectivity index (χ4n) is 4.60. The Hall–Kier alpha value is -3.54. The highest BCUT2D eigenvalue weighted by molar-refractivity contribution is 5.97. The van der Waals surface area contributed by atoms with Gasteiger partial charge in [-0.15, -0.1) is 0 Å². The highest BCUT2D eigenvalue weighted by Crippen LogP contribution is 2.46. The van der Waals surface area contributed by atoms with Gasteiger partial charge in [0.25, 0.3) is 5.91 Å². The number of benzene rings is 3. The first-order valence-corrected chi connectivity index (χ1v) is 11.1. The van der Waals surface area contributed by atoms with Crippen molar-refractivity contribution < 1.29 is 23.1 Å². The first kappa shape index (κ1) is 21.3. The van der Waals surface area contributed by atoms with Crippen LogP contribution in [0.4, 0.5) is 8.78 Å². The highest BCUT2D eigenvalue weighted by Gasteiger charge is 2.40. The molecule has 0 spiro atoms. The van der Waals surface area contributed by atoms with Gasteiger partial charge in [-0.1, -0.05) is 30.3 Å². The van der Waals surface area contributed by atoms with Gasteiger partial charge < -0.3 is 14.4 Å². The summed E-state index contributed by atoms with van der Waals surface area (Å²) < 4.78 is 32.8. The Bertz CT molecular complexity index is 1220. The number of hydrogen-bond acceptors (Lipinski definition) is 3. The Morgan fingerprint density at radius 1 is 1.06 bits per heavy atom. The Morgan fingerprint density at radius 3 is 2.67 bits per heavy atom. The maximum absolute atomic E-state index is 14.0. The minimum Gasteiger partial charge on any atom is -0.454 e. The highest BCUT2D eigenvalue weighted by atomic mass is 19.1. The van der Waals surface area contributed by atoms with Crippen molar-refractivity contribution >= 4 is 12.2 Å². The topological polar surface area (TPSA) is 46.6 Å². The summed E-state index contributed by atoms with van der Waals surface area (Å²) in [6.45, 7) is 0.609. The fourth-order valence-corrected chi connectivity index (χ4v) is 4.60. The molecule has 1 aliphatic heterocycles. The van der Waals surface area contributed by atoms with E-state index in [2.05, 4.69) is 0 Å². The second kappa shape index (κ2) is 8.77. The third-order valence-corrected chi connectivity index (χ3v) is 6.33. The molecule has 1 saturated carbocycles. The van der Waals surface area contributed by atoms with Crippen molar-refractivity contribution in [2.75, 3.05) is 6.54 Å². The second-order valence-corrected chi connectivity index (χ2v) is 8.64. The maximum Gasteiger partial charge on any atom is 0.254 e. The molecule has 1 heterocycles. The number of halogens is 2. The normalized spacial score (nSPS) is 16.3. The maximum atomic E-state index is 14.0. The SMILES string of the molecule is O=CCc1cccc([C@@H](C2CC2)N2CCc3ccc(Oc4ccc(F)cc4F)cc3C2=O)c1. The molecule has 5 rings (SSSR count). The monoisotopic (exact) mass is 447 g/mol. The zero-order chi connectivity index (χ0) is 22.9. The first-order valence-electron chi connectivity index (χ1n) is 11.1. The van der Waals surface area contributed by atoms with Crippen molar-refractivity contribution in [3.05, 3.63) is 94.6 Å². The van der Waals surface area contributed by atoms with Crippen LogP contribution in [-0.2, 0) is 17.6 Å². The van der Waals surface area contributed by atoms with Crippen LogP contribution in [0.3, 0.4) is 0 Å². The fraction of sp³-hybridized carbons (Fsp3) is 0.259. The summed E-state index contributed by atoms with van der Waals surface area (Å²) in [5.74, 6) is -0.942. The molecule has 0 N–H and O–H groups in total. The number of carbonyl (C=O) groups excluding carboxylic acids is 2. The van der Waals surface area contributed by atoms with Crippen molar-refractivity contribution in [1.82, 2.24) is 4.90 Å². The molecule has 3 aromatic carbocycles. The number of amides is 1. The molecule has 4 nitrogen and oxygen atoms in total. The summed E-state index contributed by atoms with van der Waals surface area (Å²) in [5, 5.41) is 0. The number of carbonyl (C=O) groups is 2. The molecule has 168 valence electrons. The van der Waals surface area contributed by atoms with E-state index in [1.165, 1.54) is 6.07 Å². The van der Waals surface area contributed by atoms with E-state index < -0.39 is 11.6 Å². The Kier molecular flexibility index (Phi) is 5.67. The summed E-state index contributed by atoms with van der Waals surface area (Å²) in [4.78, 5) is 26.5. The van der Waals surface area contributed by atoms with Crippen LogP contribution in [0.2, 0.25) is 0 Å². The average Bonchev–Trinajstić information content (AvgIpc) is 3.63. The lowest BCUT2D eigenvalue weighted by molar-refractivity contribution is -0.107. The van der Waals surface area contributed by atoms with Crippen LogP contribution < -0.4 is 4.74 Å². The largest absolute Gasteiger partial charge is 0.454 e. The average molecular weight is 447 g/mol. The molecular formula is C27H23F2NO3. The predicted octanol–water partition coefficient (Wildman–Crippen LogP) is 5.65. The first-order chi connectivity index (χ1) is 16.0. The lowest BCUT2D eigenvalue weighted by Crippen LogP contribution is -2.41. The molecule has 1 aliphatic carbocycles. The molecule has 0 bridgehead atoms. The van der Waals surface area contributed by atoms with Crippen LogP contribution in [0.1, 0.15) is 45.9 Å². The summed E-state index contributed by atoms with van der Waals surface area (Å²) >= 11 is 0. The van der Waals surface area contributed by atoms with E-state index in [4.69, 9.17) is 4.74 Å². The number of hydrogen-bond donors (Lipinski definition) is 0. The van der Waals surface area contributed by atoms with Crippen LogP contribution in [0.15, 0.2) is 60.7 Å². The van der Waals surface area contributed by atoms with Crippen molar-refractivity contribution in [2.45, 2.75) is 31.7 Å². The molecule has 6 heteroatoms. The molecule has 0 unspecified atom stereocenters. The smallest absolute Gasteiger partial charge is 0.254 e. The molecular weight excluding hydrogens is 424 g/mol. The van der Waals surface area contributed by atoms with Gasteiger partial charge in [0, 0.05) is 24.6 Å². The minimum atomic E-state index is -0.801. The van der Waals surface area contributed by atoms with Crippen molar-refractivity contribution in [3.8, 4) is 11.5 Å². The molecule has 33 heavy (non-hydrogen) atoms. The lowest BCUT2D eigenvalue weighted by Gasteiger charge is -2.36. The van der Waals surface area contributed by atoms with Gasteiger partial charge in [0.15, 0.2) is 11.6 Å². The number of aldehydes is 1. The lowest BCUT2D eigenvalue weighted by atomic mass is 9.92. The molecule has 1 atom stereocenters. The number of fused-ring (bicyclic) bond motifs is 1. The zero-order valence-corrected chi connectivity index (χ0v) is 18.0. The molecule has 2 aliphatic rings. The van der Waals surface area contributed by atoms with Crippen LogP contribution in [0, 0.1) is 17.6 Å². The Balaban J connectivity index is 1.44. The summed E-state index contributed by atoms with van der Waals surface area (Å²) in [6, 6.07) is 16.2. The van der Waals surface area contributed by atoms with Gasteiger partial charge in [-0.2, -0.15) is 0 Å². The van der Waals surface area contributed by atoms with E-state index in [0.717, 1.165) is 48.0 Å². The second-order valence-electron chi connectivity index (χ2n) is 8.64. The molecule has 1 fully saturated rings. The third kappa shape index (κ3) is 4.38. The Labute approximate surface area is 190 Å². The van der Waals surface area contributed by atoms with Crippen molar-refractivity contribution in [1.29, 1.82) is 0 Å². The van der Waals surface area contributed by atoms with Crippen LogP contribution >= 0.6 is 0 Å². The van der Waals surface area contributed by atoms with Gasteiger partial charge in [0.05, 0.1) is 6.04 Å². The van der Waals surface area contributed by atoms with Crippen molar-refractivity contribution in [2.24, 2.45) is 5.92 Å². The summed E-state index contributed by atoms with van der Waals surface area (Å²) in [6.07, 6.45) is 4.07. The predicted molar refractivity (Wildman–Crippen MR) is 119 cm³/mol.